The lowest BCUT2D eigenvalue weighted by atomic mass is 10.3. The minimum atomic E-state index is -3.90. The summed E-state index contributed by atoms with van der Waals surface area (Å²) in [6.07, 6.45) is 0. The van der Waals surface area contributed by atoms with Crippen molar-refractivity contribution in [2.45, 2.75) is 18.7 Å². The number of nitrogen functional groups attached to an aromatic ring is 1. The quantitative estimate of drug-likeness (QED) is 0.371. The average Bonchev–Trinajstić information content (AvgIpc) is 3.05. The Bertz CT molecular complexity index is 1470. The fourth-order valence-electron chi connectivity index (χ4n) is 3.06. The SMILES string of the molecule is Cc1cc(C)nc(NS(=O)(=O)c2ccc(N=Nc3c(N)n(-c4ccccc4)[nH]c3=O)cc2)n1. The summed E-state index contributed by atoms with van der Waals surface area (Å²) in [4.78, 5) is 20.4. The van der Waals surface area contributed by atoms with Gasteiger partial charge in [0.15, 0.2) is 11.5 Å². The third-order valence-corrected chi connectivity index (χ3v) is 5.89. The van der Waals surface area contributed by atoms with Crippen LogP contribution < -0.4 is 16.0 Å². The summed E-state index contributed by atoms with van der Waals surface area (Å²) in [7, 11) is -3.90. The van der Waals surface area contributed by atoms with E-state index in [-0.39, 0.29) is 22.3 Å². The molecule has 0 radical (unpaired) electrons. The van der Waals surface area contributed by atoms with Gasteiger partial charge in [-0.3, -0.25) is 9.89 Å². The molecular formula is C21H20N8O3S. The molecule has 0 fully saturated rings. The zero-order valence-corrected chi connectivity index (χ0v) is 18.5. The standard InChI is InChI=1S/C21H20N8O3S/c1-13-12-14(2)24-21(23-13)28-33(31,32)17-10-8-15(9-11-17)25-26-18-19(22)29(27-20(18)30)16-6-4-3-5-7-16/h3-12H,22H2,1-2H3,(H,27,30)(H,23,24,28). The van der Waals surface area contributed by atoms with E-state index in [1.807, 2.05) is 18.2 Å². The van der Waals surface area contributed by atoms with Crippen LogP contribution in [-0.4, -0.2) is 28.2 Å². The van der Waals surface area contributed by atoms with Gasteiger partial charge in [0.25, 0.3) is 15.6 Å². The van der Waals surface area contributed by atoms with Crippen LogP contribution in [0.4, 0.5) is 23.1 Å². The molecule has 11 nitrogen and oxygen atoms in total. The van der Waals surface area contributed by atoms with Crippen LogP contribution in [0.25, 0.3) is 5.69 Å². The molecule has 0 aliphatic rings. The Labute approximate surface area is 189 Å². The number of aromatic nitrogens is 4. The van der Waals surface area contributed by atoms with Crippen LogP contribution in [-0.2, 0) is 10.0 Å². The molecule has 4 rings (SSSR count). The summed E-state index contributed by atoms with van der Waals surface area (Å²) < 4.78 is 29.0. The minimum Gasteiger partial charge on any atom is -0.382 e. The second-order valence-corrected chi connectivity index (χ2v) is 8.80. The highest BCUT2D eigenvalue weighted by Crippen LogP contribution is 2.24. The fraction of sp³-hybridized carbons (Fsp3) is 0.0952. The highest BCUT2D eigenvalue weighted by Gasteiger charge is 2.16. The van der Waals surface area contributed by atoms with Gasteiger partial charge in [0.1, 0.15) is 0 Å². The first kappa shape index (κ1) is 21.9. The van der Waals surface area contributed by atoms with Crippen molar-refractivity contribution < 1.29 is 8.42 Å². The number of hydrogen-bond acceptors (Lipinski definition) is 8. The molecule has 0 aliphatic heterocycles. The number of benzene rings is 2. The molecule has 4 aromatic rings. The summed E-state index contributed by atoms with van der Waals surface area (Å²) in [5.74, 6) is 0.0979. The van der Waals surface area contributed by atoms with Gasteiger partial charge in [-0.25, -0.2) is 27.8 Å². The van der Waals surface area contributed by atoms with Gasteiger partial charge in [0.2, 0.25) is 5.95 Å². The number of H-pyrrole nitrogens is 1. The Morgan fingerprint density at radius 3 is 2.24 bits per heavy atom. The number of rotatable bonds is 6. The molecule has 2 aromatic heterocycles. The van der Waals surface area contributed by atoms with Gasteiger partial charge in [-0.1, -0.05) is 18.2 Å². The van der Waals surface area contributed by atoms with E-state index < -0.39 is 15.6 Å². The first-order chi connectivity index (χ1) is 15.7. The van der Waals surface area contributed by atoms with Crippen molar-refractivity contribution in [2.24, 2.45) is 10.2 Å². The van der Waals surface area contributed by atoms with Gasteiger partial charge < -0.3 is 5.73 Å². The smallest absolute Gasteiger partial charge is 0.294 e. The number of nitrogens with two attached hydrogens (primary N) is 1. The molecule has 12 heteroatoms. The highest BCUT2D eigenvalue weighted by atomic mass is 32.2. The maximum absolute atomic E-state index is 12.6. The Balaban J connectivity index is 1.54. The molecule has 33 heavy (non-hydrogen) atoms. The Kier molecular flexibility index (Phi) is 5.75. The van der Waals surface area contributed by atoms with Crippen LogP contribution in [0.15, 0.2) is 80.6 Å². The number of aromatic amines is 1. The number of anilines is 2. The van der Waals surface area contributed by atoms with E-state index in [2.05, 4.69) is 30.0 Å². The maximum atomic E-state index is 12.6. The van der Waals surface area contributed by atoms with Crippen molar-refractivity contribution in [3.63, 3.8) is 0 Å². The van der Waals surface area contributed by atoms with Gasteiger partial charge >= 0.3 is 0 Å². The van der Waals surface area contributed by atoms with Crippen LogP contribution in [0.5, 0.6) is 0 Å². The molecular weight excluding hydrogens is 444 g/mol. The molecule has 2 aromatic carbocycles. The normalized spacial score (nSPS) is 11.7. The van der Waals surface area contributed by atoms with E-state index in [1.165, 1.54) is 28.9 Å². The first-order valence-electron chi connectivity index (χ1n) is 9.76. The minimum absolute atomic E-state index is 0.00296. The molecule has 0 spiro atoms. The zero-order valence-electron chi connectivity index (χ0n) is 17.7. The molecule has 2 heterocycles. The lowest BCUT2D eigenvalue weighted by Crippen LogP contribution is -2.15. The molecule has 0 amide bonds. The van der Waals surface area contributed by atoms with Crippen LogP contribution >= 0.6 is 0 Å². The van der Waals surface area contributed by atoms with Crippen LogP contribution in [0, 0.1) is 13.8 Å². The lowest BCUT2D eigenvalue weighted by molar-refractivity contribution is 0.601. The Morgan fingerprint density at radius 2 is 1.61 bits per heavy atom. The summed E-state index contributed by atoms with van der Waals surface area (Å²) in [6, 6.07) is 16.4. The highest BCUT2D eigenvalue weighted by molar-refractivity contribution is 7.92. The topological polar surface area (TPSA) is 160 Å². The number of hydrogen-bond donors (Lipinski definition) is 3. The molecule has 0 saturated heterocycles. The van der Waals surface area contributed by atoms with E-state index in [4.69, 9.17) is 5.73 Å². The number of nitrogens with one attached hydrogen (secondary N) is 2. The van der Waals surface area contributed by atoms with Gasteiger partial charge in [0, 0.05) is 11.4 Å². The molecule has 0 bridgehead atoms. The molecule has 0 unspecified atom stereocenters. The van der Waals surface area contributed by atoms with Crippen molar-refractivity contribution in [1.82, 2.24) is 19.7 Å². The van der Waals surface area contributed by atoms with E-state index in [9.17, 15) is 13.2 Å². The average molecular weight is 465 g/mol. The van der Waals surface area contributed by atoms with Crippen molar-refractivity contribution in [1.29, 1.82) is 0 Å². The number of sulfonamides is 1. The maximum Gasteiger partial charge on any atom is 0.294 e. The number of azo groups is 1. The predicted molar refractivity (Wildman–Crippen MR) is 124 cm³/mol. The van der Waals surface area contributed by atoms with E-state index >= 15 is 0 Å². The monoisotopic (exact) mass is 464 g/mol. The fourth-order valence-corrected chi connectivity index (χ4v) is 4.01. The molecule has 0 atom stereocenters. The zero-order chi connectivity index (χ0) is 23.6. The second kappa shape index (κ2) is 8.67. The van der Waals surface area contributed by atoms with E-state index in [0.717, 1.165) is 0 Å². The third kappa shape index (κ3) is 4.80. The predicted octanol–water partition coefficient (Wildman–Crippen LogP) is 3.37. The van der Waals surface area contributed by atoms with Crippen molar-refractivity contribution in [3.8, 4) is 5.69 Å². The number of aryl methyl sites for hydroxylation is 2. The van der Waals surface area contributed by atoms with Crippen LogP contribution in [0.3, 0.4) is 0 Å². The Morgan fingerprint density at radius 1 is 0.970 bits per heavy atom. The first-order valence-corrected chi connectivity index (χ1v) is 11.2. The van der Waals surface area contributed by atoms with Crippen LogP contribution in [0.1, 0.15) is 11.4 Å². The van der Waals surface area contributed by atoms with Gasteiger partial charge in [-0.05, 0) is 56.3 Å². The Hall–Kier alpha value is -4.32. The van der Waals surface area contributed by atoms with Crippen molar-refractivity contribution in [3.05, 3.63) is 82.4 Å². The summed E-state index contributed by atoms with van der Waals surface area (Å²) in [6.45, 7) is 3.50. The number of nitrogens with zero attached hydrogens (tertiary/aromatic N) is 5. The third-order valence-electron chi connectivity index (χ3n) is 4.55. The van der Waals surface area contributed by atoms with Gasteiger partial charge in [0.05, 0.1) is 16.3 Å². The van der Waals surface area contributed by atoms with Crippen molar-refractivity contribution in [2.75, 3.05) is 10.5 Å². The lowest BCUT2D eigenvalue weighted by Gasteiger charge is -2.08. The molecule has 4 N–H and O–H groups in total. The van der Waals surface area contributed by atoms with E-state index in [0.29, 0.717) is 22.8 Å². The summed E-state index contributed by atoms with van der Waals surface area (Å²) >= 11 is 0. The molecule has 0 saturated carbocycles. The summed E-state index contributed by atoms with van der Waals surface area (Å²) in [5.41, 5.74) is 7.80. The van der Waals surface area contributed by atoms with Crippen molar-refractivity contribution >= 4 is 33.2 Å². The largest absolute Gasteiger partial charge is 0.382 e. The molecule has 0 aliphatic carbocycles. The molecule has 168 valence electrons. The van der Waals surface area contributed by atoms with Gasteiger partial charge in [-0.2, -0.15) is 5.11 Å². The van der Waals surface area contributed by atoms with Crippen LogP contribution in [0.2, 0.25) is 0 Å². The van der Waals surface area contributed by atoms with E-state index in [1.54, 1.807) is 32.0 Å². The summed E-state index contributed by atoms with van der Waals surface area (Å²) in [5, 5.41) is 10.6. The van der Waals surface area contributed by atoms with Gasteiger partial charge in [-0.15, -0.1) is 5.11 Å². The number of para-hydroxylation sites is 1. The second-order valence-electron chi connectivity index (χ2n) is 7.12.